The Hall–Kier alpha value is -1.91. The number of nitrogens with one attached hydrogen (secondary N) is 1. The number of carboxylic acid groups (broad SMARTS) is 1. The molecule has 0 saturated carbocycles. The van der Waals surface area contributed by atoms with Crippen LogP contribution < -0.4 is 5.32 Å². The Morgan fingerprint density at radius 2 is 1.95 bits per heavy atom. The highest BCUT2D eigenvalue weighted by Crippen LogP contribution is 2.12. The topological polar surface area (TPSA) is 66.4 Å². The Kier molecular flexibility index (Phi) is 6.34. The SMILES string of the molecule is CC(C)CC(NC(=O)C(C)Cc1cccc(F)c1)C(=O)O. The first-order chi connectivity index (χ1) is 9.79. The fourth-order valence-electron chi connectivity index (χ4n) is 2.12. The fourth-order valence-corrected chi connectivity index (χ4v) is 2.12. The molecule has 1 amide bonds. The van der Waals surface area contributed by atoms with Gasteiger partial charge in [-0.3, -0.25) is 4.79 Å². The Labute approximate surface area is 124 Å². The molecule has 0 radical (unpaired) electrons. The first-order valence-electron chi connectivity index (χ1n) is 7.07. The van der Waals surface area contributed by atoms with Gasteiger partial charge in [0.05, 0.1) is 0 Å². The maximum atomic E-state index is 13.1. The highest BCUT2D eigenvalue weighted by Gasteiger charge is 2.23. The monoisotopic (exact) mass is 295 g/mol. The number of carbonyl (C=O) groups excluding carboxylic acids is 1. The molecule has 2 atom stereocenters. The highest BCUT2D eigenvalue weighted by atomic mass is 19.1. The second kappa shape index (κ2) is 7.76. The van der Waals surface area contributed by atoms with Crippen molar-refractivity contribution in [2.45, 2.75) is 39.7 Å². The quantitative estimate of drug-likeness (QED) is 0.812. The van der Waals surface area contributed by atoms with Gasteiger partial charge in [-0.05, 0) is 36.5 Å². The standard InChI is InChI=1S/C16H22FNO3/c1-10(2)7-14(16(20)21)18-15(19)11(3)8-12-5-4-6-13(17)9-12/h4-6,9-11,14H,7-8H2,1-3H3,(H,18,19)(H,20,21). The van der Waals surface area contributed by atoms with E-state index in [1.807, 2.05) is 13.8 Å². The molecule has 0 saturated heterocycles. The molecule has 0 heterocycles. The van der Waals surface area contributed by atoms with Gasteiger partial charge < -0.3 is 10.4 Å². The summed E-state index contributed by atoms with van der Waals surface area (Å²) in [7, 11) is 0. The number of amides is 1. The number of hydrogen-bond acceptors (Lipinski definition) is 2. The number of hydrogen-bond donors (Lipinski definition) is 2. The van der Waals surface area contributed by atoms with Crippen LogP contribution in [0.3, 0.4) is 0 Å². The lowest BCUT2D eigenvalue weighted by atomic mass is 9.98. The van der Waals surface area contributed by atoms with Crippen LogP contribution in [0.2, 0.25) is 0 Å². The second-order valence-electron chi connectivity index (χ2n) is 5.76. The van der Waals surface area contributed by atoms with E-state index in [4.69, 9.17) is 5.11 Å². The van der Waals surface area contributed by atoms with Crippen LogP contribution in [-0.2, 0) is 16.0 Å². The summed E-state index contributed by atoms with van der Waals surface area (Å²) in [5.41, 5.74) is 0.716. The van der Waals surface area contributed by atoms with E-state index in [9.17, 15) is 14.0 Å². The Balaban J connectivity index is 2.62. The molecule has 0 aliphatic carbocycles. The predicted molar refractivity (Wildman–Crippen MR) is 78.3 cm³/mol. The van der Waals surface area contributed by atoms with Crippen molar-refractivity contribution in [2.75, 3.05) is 0 Å². The summed E-state index contributed by atoms with van der Waals surface area (Å²) in [4.78, 5) is 23.2. The molecule has 1 aromatic carbocycles. The molecule has 0 aromatic heterocycles. The van der Waals surface area contributed by atoms with Crippen LogP contribution in [0.1, 0.15) is 32.8 Å². The van der Waals surface area contributed by atoms with E-state index >= 15 is 0 Å². The van der Waals surface area contributed by atoms with E-state index in [0.717, 1.165) is 0 Å². The minimum atomic E-state index is -1.03. The van der Waals surface area contributed by atoms with Crippen LogP contribution >= 0.6 is 0 Å². The summed E-state index contributed by atoms with van der Waals surface area (Å²) in [5, 5.41) is 11.7. The highest BCUT2D eigenvalue weighted by molar-refractivity contribution is 5.84. The van der Waals surface area contributed by atoms with Crippen molar-refractivity contribution >= 4 is 11.9 Å². The number of halogens is 1. The minimum Gasteiger partial charge on any atom is -0.480 e. The average Bonchev–Trinajstić information content (AvgIpc) is 2.37. The lowest BCUT2D eigenvalue weighted by molar-refractivity contribution is -0.142. The molecule has 21 heavy (non-hydrogen) atoms. The smallest absolute Gasteiger partial charge is 0.326 e. The summed E-state index contributed by atoms with van der Waals surface area (Å²) in [6.07, 6.45) is 0.755. The van der Waals surface area contributed by atoms with Crippen LogP contribution in [0.25, 0.3) is 0 Å². The van der Waals surface area contributed by atoms with Crippen molar-refractivity contribution in [3.63, 3.8) is 0 Å². The van der Waals surface area contributed by atoms with E-state index in [1.165, 1.54) is 12.1 Å². The van der Waals surface area contributed by atoms with Crippen molar-refractivity contribution in [3.05, 3.63) is 35.6 Å². The van der Waals surface area contributed by atoms with E-state index in [-0.39, 0.29) is 17.6 Å². The average molecular weight is 295 g/mol. The molecular weight excluding hydrogens is 273 g/mol. The lowest BCUT2D eigenvalue weighted by Gasteiger charge is -2.19. The number of aliphatic carboxylic acids is 1. The normalized spacial score (nSPS) is 13.8. The van der Waals surface area contributed by atoms with Crippen molar-refractivity contribution < 1.29 is 19.1 Å². The van der Waals surface area contributed by atoms with Crippen molar-refractivity contribution in [3.8, 4) is 0 Å². The van der Waals surface area contributed by atoms with E-state index in [0.29, 0.717) is 18.4 Å². The van der Waals surface area contributed by atoms with E-state index in [2.05, 4.69) is 5.32 Å². The molecule has 0 aliphatic rings. The largest absolute Gasteiger partial charge is 0.480 e. The summed E-state index contributed by atoms with van der Waals surface area (Å²) in [5.74, 6) is -1.95. The fraction of sp³-hybridized carbons (Fsp3) is 0.500. The van der Waals surface area contributed by atoms with E-state index < -0.39 is 17.9 Å². The zero-order valence-electron chi connectivity index (χ0n) is 12.6. The van der Waals surface area contributed by atoms with Crippen LogP contribution in [0.4, 0.5) is 4.39 Å². The molecule has 116 valence electrons. The summed E-state index contributed by atoms with van der Waals surface area (Å²) in [6.45, 7) is 5.51. The Morgan fingerprint density at radius 3 is 2.48 bits per heavy atom. The molecule has 0 fully saturated rings. The lowest BCUT2D eigenvalue weighted by Crippen LogP contribution is -2.44. The molecule has 0 spiro atoms. The number of benzene rings is 1. The third-order valence-electron chi connectivity index (χ3n) is 3.20. The molecule has 1 aromatic rings. The summed E-state index contributed by atoms with van der Waals surface area (Å²) in [6, 6.07) is 5.18. The van der Waals surface area contributed by atoms with Gasteiger partial charge in [0, 0.05) is 5.92 Å². The van der Waals surface area contributed by atoms with Gasteiger partial charge in [-0.15, -0.1) is 0 Å². The van der Waals surface area contributed by atoms with Gasteiger partial charge in [0.1, 0.15) is 11.9 Å². The predicted octanol–water partition coefficient (Wildman–Crippen LogP) is 2.62. The minimum absolute atomic E-state index is 0.171. The number of carbonyl (C=O) groups is 2. The summed E-state index contributed by atoms with van der Waals surface area (Å²) >= 11 is 0. The van der Waals surface area contributed by atoms with Gasteiger partial charge in [-0.25, -0.2) is 9.18 Å². The maximum absolute atomic E-state index is 13.1. The molecule has 2 N–H and O–H groups in total. The second-order valence-corrected chi connectivity index (χ2v) is 5.76. The molecule has 1 rings (SSSR count). The van der Waals surface area contributed by atoms with E-state index in [1.54, 1.807) is 19.1 Å². The number of carboxylic acids is 1. The maximum Gasteiger partial charge on any atom is 0.326 e. The molecule has 2 unspecified atom stereocenters. The van der Waals surface area contributed by atoms with Crippen LogP contribution in [0.15, 0.2) is 24.3 Å². The van der Waals surface area contributed by atoms with Crippen LogP contribution in [-0.4, -0.2) is 23.0 Å². The Morgan fingerprint density at radius 1 is 1.29 bits per heavy atom. The molecule has 4 nitrogen and oxygen atoms in total. The molecule has 0 bridgehead atoms. The number of rotatable bonds is 7. The van der Waals surface area contributed by atoms with Gasteiger partial charge in [0.2, 0.25) is 5.91 Å². The first kappa shape index (κ1) is 17.1. The van der Waals surface area contributed by atoms with Gasteiger partial charge in [0.25, 0.3) is 0 Å². The Bertz CT molecular complexity index is 502. The van der Waals surface area contributed by atoms with Gasteiger partial charge in [-0.2, -0.15) is 0 Å². The van der Waals surface area contributed by atoms with Gasteiger partial charge in [-0.1, -0.05) is 32.9 Å². The van der Waals surface area contributed by atoms with Gasteiger partial charge >= 0.3 is 5.97 Å². The molecule has 0 aliphatic heterocycles. The summed E-state index contributed by atoms with van der Waals surface area (Å²) < 4.78 is 13.1. The van der Waals surface area contributed by atoms with Crippen molar-refractivity contribution in [2.24, 2.45) is 11.8 Å². The van der Waals surface area contributed by atoms with Crippen LogP contribution in [0, 0.1) is 17.7 Å². The zero-order chi connectivity index (χ0) is 16.0. The first-order valence-corrected chi connectivity index (χ1v) is 7.07. The zero-order valence-corrected chi connectivity index (χ0v) is 12.6. The molecule has 5 heteroatoms. The van der Waals surface area contributed by atoms with Crippen LogP contribution in [0.5, 0.6) is 0 Å². The van der Waals surface area contributed by atoms with Gasteiger partial charge in [0.15, 0.2) is 0 Å². The van der Waals surface area contributed by atoms with Crippen molar-refractivity contribution in [1.29, 1.82) is 0 Å². The van der Waals surface area contributed by atoms with Crippen molar-refractivity contribution in [1.82, 2.24) is 5.32 Å². The third kappa shape index (κ3) is 5.94. The molecular formula is C16H22FNO3. The third-order valence-corrected chi connectivity index (χ3v) is 3.20.